The van der Waals surface area contributed by atoms with Crippen molar-refractivity contribution < 1.29 is 49.3 Å². The Morgan fingerprint density at radius 2 is 1.69 bits per heavy atom. The molecule has 0 aliphatic rings. The maximum absolute atomic E-state index is 14.2. The fraction of sp³-hybridized carbons (Fsp3) is 0.222. The molecule has 0 radical (unpaired) electrons. The Bertz CT molecular complexity index is 1030. The van der Waals surface area contributed by atoms with Crippen LogP contribution in [0.3, 0.4) is 0 Å². The van der Waals surface area contributed by atoms with Crippen molar-refractivity contribution in [3.8, 4) is 0 Å². The number of hydrogen-bond acceptors (Lipinski definition) is 4. The lowest BCUT2D eigenvalue weighted by atomic mass is 10.1. The van der Waals surface area contributed by atoms with Crippen LogP contribution in [-0.2, 0) is 15.5 Å². The topological polar surface area (TPSA) is 75.7 Å². The third kappa shape index (κ3) is 5.24. The van der Waals surface area contributed by atoms with Gasteiger partial charge in [-0.2, -0.15) is 8.78 Å². The number of benzene rings is 2. The molecule has 0 saturated carbocycles. The maximum Gasteiger partial charge on any atom is 0.384 e. The van der Waals surface area contributed by atoms with Gasteiger partial charge in [0.05, 0.1) is 5.69 Å². The lowest BCUT2D eigenvalue weighted by Gasteiger charge is -2.21. The highest BCUT2D eigenvalue weighted by molar-refractivity contribution is 7.86. The van der Waals surface area contributed by atoms with Crippen LogP contribution in [0.15, 0.2) is 41.3 Å². The van der Waals surface area contributed by atoms with Crippen LogP contribution in [0.25, 0.3) is 0 Å². The molecule has 0 aliphatic heterocycles. The summed E-state index contributed by atoms with van der Waals surface area (Å²) in [6.45, 7) is -0.817. The predicted molar refractivity (Wildman–Crippen MR) is 97.2 cm³/mol. The molecule has 0 bridgehead atoms. The van der Waals surface area contributed by atoms with Gasteiger partial charge in [0.15, 0.2) is 0 Å². The van der Waals surface area contributed by atoms with Crippen LogP contribution >= 0.6 is 0 Å². The second-order valence-electron chi connectivity index (χ2n) is 5.95. The third-order valence-corrected chi connectivity index (χ3v) is 5.18. The van der Waals surface area contributed by atoms with Gasteiger partial charge in [0, 0.05) is 12.0 Å². The van der Waals surface area contributed by atoms with E-state index in [0.717, 1.165) is 25.3 Å². The number of carbonyl (C=O) groups excluding carboxylic acids is 2. The van der Waals surface area contributed by atoms with Crippen molar-refractivity contribution in [2.45, 2.75) is 16.6 Å². The number of anilines is 1. The largest absolute Gasteiger partial charge is 0.384 e. The quantitative estimate of drug-likeness (QED) is 0.467. The first-order valence-corrected chi connectivity index (χ1v) is 9.50. The van der Waals surface area contributed by atoms with E-state index in [9.17, 15) is 44.5 Å². The molecule has 0 aromatic heterocycles. The number of nitrogens with zero attached hydrogens (tertiary/aromatic N) is 1. The SMILES string of the molecule is COCN(C(=O)Nc1ccc(S(=O)C(F)(F)C(F)F)cc1F)C(=O)c1c(F)cccc1F. The molecular formula is C18H13F7N2O4S. The maximum atomic E-state index is 14.2. The second-order valence-corrected chi connectivity index (χ2v) is 7.50. The molecule has 0 aliphatic carbocycles. The predicted octanol–water partition coefficient (Wildman–Crippen LogP) is 4.35. The normalized spacial score (nSPS) is 12.5. The van der Waals surface area contributed by atoms with Gasteiger partial charge in [-0.1, -0.05) is 6.07 Å². The van der Waals surface area contributed by atoms with Gasteiger partial charge in [-0.25, -0.2) is 35.9 Å². The number of rotatable bonds is 7. The van der Waals surface area contributed by atoms with E-state index >= 15 is 0 Å². The Morgan fingerprint density at radius 1 is 1.09 bits per heavy atom. The Labute approximate surface area is 178 Å². The summed E-state index contributed by atoms with van der Waals surface area (Å²) in [5.41, 5.74) is -1.83. The van der Waals surface area contributed by atoms with Gasteiger partial charge in [0.1, 0.15) is 40.5 Å². The molecule has 6 nitrogen and oxygen atoms in total. The van der Waals surface area contributed by atoms with Crippen LogP contribution in [0.1, 0.15) is 10.4 Å². The number of imide groups is 1. The Kier molecular flexibility index (Phi) is 7.96. The van der Waals surface area contributed by atoms with Crippen LogP contribution in [0.2, 0.25) is 0 Å². The molecule has 32 heavy (non-hydrogen) atoms. The molecule has 0 fully saturated rings. The van der Waals surface area contributed by atoms with Gasteiger partial charge < -0.3 is 10.1 Å². The van der Waals surface area contributed by atoms with Gasteiger partial charge in [0.2, 0.25) is 0 Å². The molecule has 0 spiro atoms. The van der Waals surface area contributed by atoms with Gasteiger partial charge in [-0.3, -0.25) is 4.79 Å². The van der Waals surface area contributed by atoms with E-state index in [-0.39, 0.29) is 11.0 Å². The van der Waals surface area contributed by atoms with Gasteiger partial charge in [-0.15, -0.1) is 0 Å². The number of methoxy groups -OCH3 is 1. The summed E-state index contributed by atoms with van der Waals surface area (Å²) in [6, 6.07) is 2.50. The number of urea groups is 1. The highest BCUT2D eigenvalue weighted by Gasteiger charge is 2.48. The first kappa shape index (κ1) is 25.3. The number of ether oxygens (including phenoxy) is 1. The Morgan fingerprint density at radius 3 is 2.19 bits per heavy atom. The smallest absolute Gasteiger partial charge is 0.364 e. The van der Waals surface area contributed by atoms with Crippen molar-refractivity contribution >= 4 is 28.4 Å². The molecule has 0 saturated heterocycles. The second kappa shape index (κ2) is 10.1. The molecule has 14 heteroatoms. The Balaban J connectivity index is 2.29. The monoisotopic (exact) mass is 486 g/mol. The molecule has 174 valence electrons. The molecule has 1 unspecified atom stereocenters. The van der Waals surface area contributed by atoms with E-state index in [2.05, 4.69) is 4.74 Å². The minimum Gasteiger partial charge on any atom is -0.364 e. The lowest BCUT2D eigenvalue weighted by Crippen LogP contribution is -2.42. The Hall–Kier alpha value is -3.00. The number of carbonyl (C=O) groups is 2. The van der Waals surface area contributed by atoms with Crippen molar-refractivity contribution in [1.29, 1.82) is 0 Å². The zero-order valence-corrected chi connectivity index (χ0v) is 16.7. The molecule has 1 N–H and O–H groups in total. The molecule has 2 aromatic rings. The zero-order valence-electron chi connectivity index (χ0n) is 15.9. The average Bonchev–Trinajstić information content (AvgIpc) is 2.72. The molecule has 2 aromatic carbocycles. The highest BCUT2D eigenvalue weighted by atomic mass is 32.2. The minimum atomic E-state index is -4.96. The van der Waals surface area contributed by atoms with Crippen LogP contribution in [0.5, 0.6) is 0 Å². The molecule has 3 amide bonds. The van der Waals surface area contributed by atoms with Crippen molar-refractivity contribution in [3.05, 3.63) is 59.4 Å². The number of alkyl halides is 4. The van der Waals surface area contributed by atoms with Crippen molar-refractivity contribution in [2.24, 2.45) is 0 Å². The van der Waals surface area contributed by atoms with E-state index in [0.29, 0.717) is 12.1 Å². The van der Waals surface area contributed by atoms with Crippen LogP contribution < -0.4 is 5.32 Å². The van der Waals surface area contributed by atoms with Crippen LogP contribution in [-0.4, -0.2) is 46.6 Å². The van der Waals surface area contributed by atoms with E-state index < -0.39 is 74.7 Å². The lowest BCUT2D eigenvalue weighted by molar-refractivity contribution is -0.0602. The molecule has 0 heterocycles. The van der Waals surface area contributed by atoms with Crippen LogP contribution in [0, 0.1) is 17.5 Å². The zero-order chi connectivity index (χ0) is 24.2. The third-order valence-electron chi connectivity index (χ3n) is 3.82. The molecular weight excluding hydrogens is 473 g/mol. The number of halogens is 7. The number of amides is 3. The molecule has 1 atom stereocenters. The van der Waals surface area contributed by atoms with E-state index in [1.54, 1.807) is 0 Å². The summed E-state index contributed by atoms with van der Waals surface area (Å²) in [7, 11) is -2.57. The van der Waals surface area contributed by atoms with Crippen molar-refractivity contribution in [1.82, 2.24) is 4.90 Å². The average molecular weight is 486 g/mol. The summed E-state index contributed by atoms with van der Waals surface area (Å²) >= 11 is 0. The standard InChI is InChI=1S/C18H13F7N2O4S/c1-31-8-27(15(28)14-10(19)3-2-4-11(14)20)17(29)26-13-6-5-9(7-12(13)21)32(30)18(24,25)16(22)23/h2-7,16H,8H2,1H3,(H,26,29). The molecule has 2 rings (SSSR count). The van der Waals surface area contributed by atoms with E-state index in [4.69, 9.17) is 0 Å². The minimum absolute atomic E-state index is 0.179. The van der Waals surface area contributed by atoms with Crippen molar-refractivity contribution in [3.63, 3.8) is 0 Å². The fourth-order valence-electron chi connectivity index (χ4n) is 2.31. The van der Waals surface area contributed by atoms with Crippen molar-refractivity contribution in [2.75, 3.05) is 19.2 Å². The number of nitrogens with one attached hydrogen (secondary N) is 1. The summed E-state index contributed by atoms with van der Waals surface area (Å²) < 4.78 is 109. The summed E-state index contributed by atoms with van der Waals surface area (Å²) in [5, 5.41) is -3.11. The van der Waals surface area contributed by atoms with Gasteiger partial charge >= 0.3 is 17.7 Å². The highest BCUT2D eigenvalue weighted by Crippen LogP contribution is 2.32. The summed E-state index contributed by atoms with van der Waals surface area (Å²) in [5.74, 6) is -5.52. The van der Waals surface area contributed by atoms with E-state index in [1.807, 2.05) is 5.32 Å². The first-order valence-electron chi connectivity index (χ1n) is 8.35. The van der Waals surface area contributed by atoms with Gasteiger partial charge in [-0.05, 0) is 30.3 Å². The van der Waals surface area contributed by atoms with E-state index in [1.165, 1.54) is 0 Å². The van der Waals surface area contributed by atoms with Crippen LogP contribution in [0.4, 0.5) is 41.2 Å². The summed E-state index contributed by atoms with van der Waals surface area (Å²) in [4.78, 5) is 24.0. The summed E-state index contributed by atoms with van der Waals surface area (Å²) in [6.07, 6.45) is -4.28. The number of hydrogen-bond donors (Lipinski definition) is 1. The fourth-order valence-corrected chi connectivity index (χ4v) is 3.19. The first-order chi connectivity index (χ1) is 14.9. The van der Waals surface area contributed by atoms with Gasteiger partial charge in [0.25, 0.3) is 5.91 Å².